The predicted molar refractivity (Wildman–Crippen MR) is 132 cm³/mol. The van der Waals surface area contributed by atoms with Crippen molar-refractivity contribution in [2.45, 2.75) is 66.3 Å². The first-order valence-electron chi connectivity index (χ1n) is 11.7. The van der Waals surface area contributed by atoms with Crippen LogP contribution in [-0.2, 0) is 34.3 Å². The lowest BCUT2D eigenvalue weighted by atomic mass is 9.84. The summed E-state index contributed by atoms with van der Waals surface area (Å²) in [6, 6.07) is 19.5. The molecule has 2 aromatic carbocycles. The standard InChI is InChI=1S/C29H35NO2/c1-7-32-25(31)17-23-26(21-13-15-22(16-14-21)28(2,3)4)27(20-11-9-8-10-12-20)24-18-29(5,6)19-30(23)24/h8-16H,7,17-19H2,1-6H3. The molecule has 0 atom stereocenters. The lowest BCUT2D eigenvalue weighted by Gasteiger charge is -2.21. The Hall–Kier alpha value is -2.81. The highest BCUT2D eigenvalue weighted by molar-refractivity contribution is 5.90. The van der Waals surface area contributed by atoms with E-state index in [1.807, 2.05) is 6.92 Å². The van der Waals surface area contributed by atoms with E-state index >= 15 is 0 Å². The Balaban J connectivity index is 1.95. The van der Waals surface area contributed by atoms with Crippen LogP contribution in [0.3, 0.4) is 0 Å². The van der Waals surface area contributed by atoms with Crippen molar-refractivity contribution in [3.63, 3.8) is 0 Å². The molecule has 0 saturated heterocycles. The van der Waals surface area contributed by atoms with Gasteiger partial charge in [0, 0.05) is 29.1 Å². The molecule has 1 aliphatic rings. The molecule has 0 unspecified atom stereocenters. The highest BCUT2D eigenvalue weighted by atomic mass is 16.5. The summed E-state index contributed by atoms with van der Waals surface area (Å²) < 4.78 is 7.77. The number of hydrogen-bond acceptors (Lipinski definition) is 2. The summed E-state index contributed by atoms with van der Waals surface area (Å²) in [6.45, 7) is 14.5. The van der Waals surface area contributed by atoms with Gasteiger partial charge in [0.1, 0.15) is 0 Å². The lowest BCUT2D eigenvalue weighted by molar-refractivity contribution is -0.142. The second-order valence-electron chi connectivity index (χ2n) is 10.7. The van der Waals surface area contributed by atoms with E-state index in [9.17, 15) is 4.79 Å². The molecule has 0 N–H and O–H groups in total. The Kier molecular flexibility index (Phi) is 5.79. The van der Waals surface area contributed by atoms with Crippen LogP contribution >= 0.6 is 0 Å². The molecular formula is C29H35NO2. The van der Waals surface area contributed by atoms with Gasteiger partial charge in [-0.15, -0.1) is 0 Å². The van der Waals surface area contributed by atoms with E-state index in [0.717, 1.165) is 24.2 Å². The van der Waals surface area contributed by atoms with Crippen LogP contribution in [0.1, 0.15) is 58.5 Å². The number of hydrogen-bond donors (Lipinski definition) is 0. The largest absolute Gasteiger partial charge is 0.466 e. The number of carbonyl (C=O) groups is 1. The number of ether oxygens (including phenoxy) is 1. The maximum Gasteiger partial charge on any atom is 0.311 e. The summed E-state index contributed by atoms with van der Waals surface area (Å²) in [5.41, 5.74) is 8.78. The van der Waals surface area contributed by atoms with Gasteiger partial charge in [-0.1, -0.05) is 89.2 Å². The summed E-state index contributed by atoms with van der Waals surface area (Å²) in [7, 11) is 0. The monoisotopic (exact) mass is 429 g/mol. The van der Waals surface area contributed by atoms with Crippen LogP contribution in [0.15, 0.2) is 54.6 Å². The third-order valence-electron chi connectivity index (χ3n) is 6.43. The van der Waals surface area contributed by atoms with E-state index in [2.05, 4.69) is 93.8 Å². The summed E-state index contributed by atoms with van der Waals surface area (Å²) in [5.74, 6) is -0.162. The fraction of sp³-hybridized carbons (Fsp3) is 0.414. The van der Waals surface area contributed by atoms with Crippen LogP contribution in [0.25, 0.3) is 22.3 Å². The number of rotatable bonds is 5. The van der Waals surface area contributed by atoms with Crippen molar-refractivity contribution in [1.29, 1.82) is 0 Å². The molecule has 0 saturated carbocycles. The van der Waals surface area contributed by atoms with Crippen LogP contribution in [0.2, 0.25) is 0 Å². The second kappa shape index (κ2) is 8.27. The number of aromatic nitrogens is 1. The first kappa shape index (κ1) is 22.4. The van der Waals surface area contributed by atoms with E-state index in [1.165, 1.54) is 27.9 Å². The first-order valence-corrected chi connectivity index (χ1v) is 11.7. The number of nitrogens with zero attached hydrogens (tertiary/aromatic N) is 1. The second-order valence-corrected chi connectivity index (χ2v) is 10.7. The van der Waals surface area contributed by atoms with Crippen LogP contribution < -0.4 is 0 Å². The molecule has 0 fully saturated rings. The molecule has 0 spiro atoms. The van der Waals surface area contributed by atoms with Gasteiger partial charge in [0.25, 0.3) is 0 Å². The molecule has 0 bridgehead atoms. The molecular weight excluding hydrogens is 394 g/mol. The Morgan fingerprint density at radius 2 is 1.59 bits per heavy atom. The van der Waals surface area contributed by atoms with Crippen LogP contribution in [0.5, 0.6) is 0 Å². The van der Waals surface area contributed by atoms with Gasteiger partial charge in [-0.05, 0) is 40.9 Å². The molecule has 0 aliphatic carbocycles. The minimum atomic E-state index is -0.162. The van der Waals surface area contributed by atoms with Gasteiger partial charge in [-0.3, -0.25) is 4.79 Å². The molecule has 3 aromatic rings. The number of fused-ring (bicyclic) bond motifs is 1. The highest BCUT2D eigenvalue weighted by Crippen LogP contribution is 2.47. The van der Waals surface area contributed by atoms with Crippen LogP contribution in [0.4, 0.5) is 0 Å². The minimum absolute atomic E-state index is 0.0983. The molecule has 2 heterocycles. The minimum Gasteiger partial charge on any atom is -0.466 e. The summed E-state index contributed by atoms with van der Waals surface area (Å²) in [4.78, 5) is 12.7. The van der Waals surface area contributed by atoms with E-state index in [4.69, 9.17) is 4.74 Å². The van der Waals surface area contributed by atoms with E-state index in [0.29, 0.717) is 13.0 Å². The van der Waals surface area contributed by atoms with Gasteiger partial charge in [-0.2, -0.15) is 0 Å². The topological polar surface area (TPSA) is 31.2 Å². The molecule has 0 radical (unpaired) electrons. The average molecular weight is 430 g/mol. The van der Waals surface area contributed by atoms with Crippen molar-refractivity contribution >= 4 is 5.97 Å². The van der Waals surface area contributed by atoms with Crippen molar-refractivity contribution in [2.24, 2.45) is 5.41 Å². The smallest absolute Gasteiger partial charge is 0.311 e. The Bertz CT molecular complexity index is 1110. The third kappa shape index (κ3) is 4.26. The SMILES string of the molecule is CCOC(=O)Cc1c(-c2ccc(C(C)(C)C)cc2)c(-c2ccccc2)c2n1CC(C)(C)C2. The third-order valence-corrected chi connectivity index (χ3v) is 6.43. The predicted octanol–water partition coefficient (Wildman–Crippen LogP) is 6.81. The van der Waals surface area contributed by atoms with Gasteiger partial charge >= 0.3 is 5.97 Å². The van der Waals surface area contributed by atoms with Crippen molar-refractivity contribution in [3.8, 4) is 22.3 Å². The van der Waals surface area contributed by atoms with Crippen molar-refractivity contribution in [2.75, 3.05) is 6.61 Å². The first-order chi connectivity index (χ1) is 15.1. The molecule has 1 aromatic heterocycles. The normalized spacial score (nSPS) is 14.9. The zero-order chi connectivity index (χ0) is 23.1. The van der Waals surface area contributed by atoms with E-state index in [-0.39, 0.29) is 16.8 Å². The van der Waals surface area contributed by atoms with Crippen molar-refractivity contribution in [1.82, 2.24) is 4.57 Å². The van der Waals surface area contributed by atoms with Gasteiger partial charge < -0.3 is 9.30 Å². The highest BCUT2D eigenvalue weighted by Gasteiger charge is 2.36. The molecule has 4 rings (SSSR count). The van der Waals surface area contributed by atoms with Gasteiger partial charge in [-0.25, -0.2) is 0 Å². The van der Waals surface area contributed by atoms with Gasteiger partial charge in [0.15, 0.2) is 0 Å². The Labute approximate surface area is 192 Å². The van der Waals surface area contributed by atoms with Crippen molar-refractivity contribution in [3.05, 3.63) is 71.5 Å². The quantitative estimate of drug-likeness (QED) is 0.417. The average Bonchev–Trinajstić information content (AvgIpc) is 3.19. The molecule has 0 amide bonds. The fourth-order valence-electron chi connectivity index (χ4n) is 4.93. The molecule has 168 valence electrons. The zero-order valence-electron chi connectivity index (χ0n) is 20.3. The zero-order valence-corrected chi connectivity index (χ0v) is 20.3. The number of esters is 1. The molecule has 3 nitrogen and oxygen atoms in total. The van der Waals surface area contributed by atoms with Gasteiger partial charge in [0.05, 0.1) is 13.0 Å². The summed E-state index contributed by atoms with van der Waals surface area (Å²) in [5, 5.41) is 0. The maximum absolute atomic E-state index is 12.7. The molecule has 32 heavy (non-hydrogen) atoms. The van der Waals surface area contributed by atoms with E-state index < -0.39 is 0 Å². The molecule has 3 heteroatoms. The Morgan fingerprint density at radius 1 is 0.969 bits per heavy atom. The van der Waals surface area contributed by atoms with Gasteiger partial charge in [0.2, 0.25) is 0 Å². The number of carbonyl (C=O) groups excluding carboxylic acids is 1. The fourth-order valence-corrected chi connectivity index (χ4v) is 4.93. The molecule has 1 aliphatic heterocycles. The Morgan fingerprint density at radius 3 is 2.19 bits per heavy atom. The van der Waals surface area contributed by atoms with Crippen LogP contribution in [-0.4, -0.2) is 17.1 Å². The maximum atomic E-state index is 12.7. The number of benzene rings is 2. The summed E-state index contributed by atoms with van der Waals surface area (Å²) >= 11 is 0. The summed E-state index contributed by atoms with van der Waals surface area (Å²) in [6.07, 6.45) is 1.28. The lowest BCUT2D eigenvalue weighted by Crippen LogP contribution is -2.16. The van der Waals surface area contributed by atoms with Crippen LogP contribution in [0, 0.1) is 5.41 Å². The van der Waals surface area contributed by atoms with Crippen molar-refractivity contribution < 1.29 is 9.53 Å². The van der Waals surface area contributed by atoms with E-state index in [1.54, 1.807) is 0 Å².